The minimum Gasteiger partial charge on any atom is -0.493 e. The second-order valence-electron chi connectivity index (χ2n) is 6.88. The molecule has 0 radical (unpaired) electrons. The largest absolute Gasteiger partial charge is 0.493 e. The van der Waals surface area contributed by atoms with Crippen molar-refractivity contribution in [3.63, 3.8) is 0 Å². The SMILES string of the molecule is CCOc1ccc2ccccc2c1C(=O)NCCN1c2ccccc2N(C)S1(=O)=O. The summed E-state index contributed by atoms with van der Waals surface area (Å²) in [5.74, 6) is 0.209. The van der Waals surface area contributed by atoms with Gasteiger partial charge in [0.2, 0.25) is 0 Å². The number of carbonyl (C=O) groups excluding carboxylic acids is 1. The van der Waals surface area contributed by atoms with Crippen molar-refractivity contribution >= 4 is 38.3 Å². The highest BCUT2D eigenvalue weighted by molar-refractivity contribution is 7.94. The van der Waals surface area contributed by atoms with Crippen molar-refractivity contribution in [2.45, 2.75) is 6.92 Å². The number of carbonyl (C=O) groups is 1. The molecule has 0 spiro atoms. The number of para-hydroxylation sites is 2. The van der Waals surface area contributed by atoms with Crippen molar-refractivity contribution in [3.05, 3.63) is 66.2 Å². The van der Waals surface area contributed by atoms with E-state index in [4.69, 9.17) is 4.74 Å². The zero-order valence-electron chi connectivity index (χ0n) is 16.8. The van der Waals surface area contributed by atoms with Gasteiger partial charge in [-0.25, -0.2) is 4.31 Å². The summed E-state index contributed by atoms with van der Waals surface area (Å²) >= 11 is 0. The highest BCUT2D eigenvalue weighted by atomic mass is 32.2. The maximum absolute atomic E-state index is 13.0. The van der Waals surface area contributed by atoms with E-state index in [0.29, 0.717) is 29.3 Å². The molecule has 0 unspecified atom stereocenters. The van der Waals surface area contributed by atoms with Gasteiger partial charge in [0.05, 0.1) is 30.1 Å². The van der Waals surface area contributed by atoms with Gasteiger partial charge >= 0.3 is 10.2 Å². The molecule has 0 aliphatic carbocycles. The number of nitrogens with zero attached hydrogens (tertiary/aromatic N) is 2. The Labute approximate surface area is 176 Å². The number of benzene rings is 3. The minimum atomic E-state index is -3.65. The third kappa shape index (κ3) is 3.33. The van der Waals surface area contributed by atoms with Crippen LogP contribution in [0.5, 0.6) is 5.75 Å². The first-order chi connectivity index (χ1) is 14.4. The molecule has 1 aliphatic rings. The van der Waals surface area contributed by atoms with Crippen LogP contribution in [0, 0.1) is 0 Å². The number of rotatable bonds is 6. The van der Waals surface area contributed by atoms with Gasteiger partial charge in [-0.2, -0.15) is 8.42 Å². The molecule has 30 heavy (non-hydrogen) atoms. The van der Waals surface area contributed by atoms with Crippen LogP contribution in [0.3, 0.4) is 0 Å². The quantitative estimate of drug-likeness (QED) is 0.658. The van der Waals surface area contributed by atoms with Gasteiger partial charge in [0, 0.05) is 13.6 Å². The Morgan fingerprint density at radius 1 is 1.00 bits per heavy atom. The molecule has 0 fully saturated rings. The van der Waals surface area contributed by atoms with Gasteiger partial charge in [0.25, 0.3) is 5.91 Å². The molecular formula is C22H23N3O4S. The van der Waals surface area contributed by atoms with E-state index in [9.17, 15) is 13.2 Å². The number of hydrogen-bond donors (Lipinski definition) is 1. The van der Waals surface area contributed by atoms with Crippen LogP contribution in [-0.4, -0.2) is 41.1 Å². The molecule has 1 amide bonds. The van der Waals surface area contributed by atoms with E-state index in [-0.39, 0.29) is 19.0 Å². The summed E-state index contributed by atoms with van der Waals surface area (Å²) in [4.78, 5) is 13.0. The van der Waals surface area contributed by atoms with Crippen molar-refractivity contribution in [2.75, 3.05) is 35.4 Å². The Bertz CT molecular complexity index is 1210. The average Bonchev–Trinajstić information content (AvgIpc) is 2.94. The molecule has 156 valence electrons. The Balaban J connectivity index is 1.56. The van der Waals surface area contributed by atoms with Crippen LogP contribution >= 0.6 is 0 Å². The fraction of sp³-hybridized carbons (Fsp3) is 0.227. The zero-order chi connectivity index (χ0) is 21.3. The molecule has 7 nitrogen and oxygen atoms in total. The van der Waals surface area contributed by atoms with Crippen LogP contribution in [-0.2, 0) is 10.2 Å². The molecule has 0 aromatic heterocycles. The second-order valence-corrected chi connectivity index (χ2v) is 8.77. The fourth-order valence-corrected chi connectivity index (χ4v) is 5.12. The molecule has 1 aliphatic heterocycles. The molecule has 3 aromatic rings. The van der Waals surface area contributed by atoms with E-state index in [2.05, 4.69) is 5.32 Å². The van der Waals surface area contributed by atoms with Gasteiger partial charge in [0.1, 0.15) is 5.75 Å². The highest BCUT2D eigenvalue weighted by Crippen LogP contribution is 2.39. The van der Waals surface area contributed by atoms with E-state index in [1.54, 1.807) is 30.3 Å². The van der Waals surface area contributed by atoms with Gasteiger partial charge < -0.3 is 10.1 Å². The molecule has 0 saturated carbocycles. The first-order valence-corrected chi connectivity index (χ1v) is 11.1. The van der Waals surface area contributed by atoms with Crippen LogP contribution in [0.2, 0.25) is 0 Å². The summed E-state index contributed by atoms with van der Waals surface area (Å²) in [5, 5.41) is 4.58. The lowest BCUT2D eigenvalue weighted by atomic mass is 10.0. The first-order valence-electron chi connectivity index (χ1n) is 9.73. The normalized spacial score (nSPS) is 14.6. The summed E-state index contributed by atoms with van der Waals surface area (Å²) in [6.45, 7) is 2.59. The van der Waals surface area contributed by atoms with Crippen LogP contribution in [0.1, 0.15) is 17.3 Å². The highest BCUT2D eigenvalue weighted by Gasteiger charge is 2.37. The number of anilines is 2. The second kappa shape index (κ2) is 7.87. The summed E-state index contributed by atoms with van der Waals surface area (Å²) < 4.78 is 33.7. The van der Waals surface area contributed by atoms with E-state index in [1.165, 1.54) is 15.7 Å². The van der Waals surface area contributed by atoms with Gasteiger partial charge in [-0.1, -0.05) is 42.5 Å². The Morgan fingerprint density at radius 3 is 2.47 bits per heavy atom. The predicted molar refractivity (Wildman–Crippen MR) is 119 cm³/mol. The van der Waals surface area contributed by atoms with Gasteiger partial charge in [-0.15, -0.1) is 0 Å². The third-order valence-electron chi connectivity index (χ3n) is 5.13. The maximum atomic E-state index is 13.0. The average molecular weight is 426 g/mol. The predicted octanol–water partition coefficient (Wildman–Crippen LogP) is 3.17. The van der Waals surface area contributed by atoms with Crippen molar-refractivity contribution in [1.82, 2.24) is 5.32 Å². The molecule has 3 aromatic carbocycles. The molecule has 1 heterocycles. The third-order valence-corrected chi connectivity index (χ3v) is 6.96. The fourth-order valence-electron chi connectivity index (χ4n) is 3.69. The number of nitrogens with one attached hydrogen (secondary N) is 1. The summed E-state index contributed by atoms with van der Waals surface area (Å²) in [6.07, 6.45) is 0. The van der Waals surface area contributed by atoms with Crippen molar-refractivity contribution in [3.8, 4) is 5.75 Å². The van der Waals surface area contributed by atoms with E-state index in [1.807, 2.05) is 37.3 Å². The van der Waals surface area contributed by atoms with Gasteiger partial charge in [0.15, 0.2) is 0 Å². The van der Waals surface area contributed by atoms with Crippen molar-refractivity contribution in [2.24, 2.45) is 0 Å². The Kier molecular flexibility index (Phi) is 5.26. The van der Waals surface area contributed by atoms with Crippen LogP contribution in [0.4, 0.5) is 11.4 Å². The molecular weight excluding hydrogens is 402 g/mol. The van der Waals surface area contributed by atoms with Crippen molar-refractivity contribution in [1.29, 1.82) is 0 Å². The molecule has 4 rings (SSSR count). The van der Waals surface area contributed by atoms with Crippen molar-refractivity contribution < 1.29 is 17.9 Å². The number of hydrogen-bond acceptors (Lipinski definition) is 4. The summed E-state index contributed by atoms with van der Waals surface area (Å²) in [6, 6.07) is 18.4. The number of amides is 1. The maximum Gasteiger partial charge on any atom is 0.326 e. The molecule has 0 saturated heterocycles. The molecule has 0 atom stereocenters. The summed E-state index contributed by atoms with van der Waals surface area (Å²) in [5.41, 5.74) is 1.68. The molecule has 0 bridgehead atoms. The van der Waals surface area contributed by atoms with Crippen LogP contribution in [0.25, 0.3) is 10.8 Å². The van der Waals surface area contributed by atoms with Crippen LogP contribution < -0.4 is 18.7 Å². The Morgan fingerprint density at radius 2 is 1.70 bits per heavy atom. The number of fused-ring (bicyclic) bond motifs is 2. The lowest BCUT2D eigenvalue weighted by Gasteiger charge is -2.20. The Hall–Kier alpha value is -3.26. The topological polar surface area (TPSA) is 79.0 Å². The van der Waals surface area contributed by atoms with Crippen LogP contribution in [0.15, 0.2) is 60.7 Å². The monoisotopic (exact) mass is 425 g/mol. The smallest absolute Gasteiger partial charge is 0.326 e. The zero-order valence-corrected chi connectivity index (χ0v) is 17.6. The summed E-state index contributed by atoms with van der Waals surface area (Å²) in [7, 11) is -2.12. The number of ether oxygens (including phenoxy) is 1. The first kappa shape index (κ1) is 20.0. The standard InChI is InChI=1S/C22H23N3O4S/c1-3-29-20-13-12-16-8-4-5-9-17(16)21(20)22(26)23-14-15-25-19-11-7-6-10-18(19)24(2)30(25,27)28/h4-13H,3,14-15H2,1-2H3,(H,23,26). The van der Waals surface area contributed by atoms with E-state index >= 15 is 0 Å². The molecule has 1 N–H and O–H groups in total. The van der Waals surface area contributed by atoms with Gasteiger partial charge in [-0.05, 0) is 35.9 Å². The molecule has 8 heteroatoms. The van der Waals surface area contributed by atoms with E-state index < -0.39 is 10.2 Å². The lowest BCUT2D eigenvalue weighted by molar-refractivity contribution is 0.0953. The minimum absolute atomic E-state index is 0.129. The van der Waals surface area contributed by atoms with Gasteiger partial charge in [-0.3, -0.25) is 9.10 Å². The lowest BCUT2D eigenvalue weighted by Crippen LogP contribution is -2.40. The van der Waals surface area contributed by atoms with E-state index in [0.717, 1.165) is 10.8 Å².